The quantitative estimate of drug-likeness (QED) is 0.899. The Kier molecular flexibility index (Phi) is 6.15. The zero-order chi connectivity index (χ0) is 17.6. The second kappa shape index (κ2) is 8.54. The van der Waals surface area contributed by atoms with Gasteiger partial charge >= 0.3 is 6.03 Å². The van der Waals surface area contributed by atoms with Crippen LogP contribution in [0.4, 0.5) is 10.5 Å². The lowest BCUT2D eigenvalue weighted by Gasteiger charge is -2.40. The number of urea groups is 1. The van der Waals surface area contributed by atoms with E-state index in [1.54, 1.807) is 0 Å². The molecule has 25 heavy (non-hydrogen) atoms. The fourth-order valence-corrected chi connectivity index (χ4v) is 3.51. The van der Waals surface area contributed by atoms with Crippen molar-refractivity contribution in [1.82, 2.24) is 15.1 Å². The lowest BCUT2D eigenvalue weighted by molar-refractivity contribution is -0.0310. The predicted octanol–water partition coefficient (Wildman–Crippen LogP) is 1.55. The van der Waals surface area contributed by atoms with E-state index in [1.165, 1.54) is 11.3 Å². The van der Waals surface area contributed by atoms with Crippen LogP contribution in [0.25, 0.3) is 0 Å². The van der Waals surface area contributed by atoms with Gasteiger partial charge < -0.3 is 19.9 Å². The van der Waals surface area contributed by atoms with Crippen molar-refractivity contribution in [3.05, 3.63) is 29.8 Å². The summed E-state index contributed by atoms with van der Waals surface area (Å²) < 4.78 is 5.89. The normalized spacial score (nSPS) is 22.1. The fourth-order valence-electron chi connectivity index (χ4n) is 3.51. The molecule has 6 heteroatoms. The van der Waals surface area contributed by atoms with Gasteiger partial charge in [0, 0.05) is 58.0 Å². The van der Waals surface area contributed by atoms with Crippen LogP contribution in [0.3, 0.4) is 0 Å². The number of piperazine rings is 1. The van der Waals surface area contributed by atoms with Crippen LogP contribution in [-0.4, -0.2) is 80.9 Å². The van der Waals surface area contributed by atoms with Crippen LogP contribution in [0.15, 0.2) is 24.3 Å². The molecule has 3 rings (SSSR count). The van der Waals surface area contributed by atoms with Crippen LogP contribution in [0, 0.1) is 6.92 Å². The summed E-state index contributed by atoms with van der Waals surface area (Å²) in [6.07, 6.45) is 0.113. The minimum atomic E-state index is 0.0278. The van der Waals surface area contributed by atoms with Crippen molar-refractivity contribution in [1.29, 1.82) is 0 Å². The molecule has 2 aliphatic heterocycles. The molecule has 0 bridgehead atoms. The van der Waals surface area contributed by atoms with Gasteiger partial charge in [0.25, 0.3) is 0 Å². The first-order chi connectivity index (χ1) is 12.2. The number of nitrogens with one attached hydrogen (secondary N) is 1. The van der Waals surface area contributed by atoms with E-state index in [1.807, 2.05) is 11.8 Å². The van der Waals surface area contributed by atoms with E-state index in [9.17, 15) is 4.79 Å². The molecule has 1 aromatic carbocycles. The molecule has 2 aliphatic rings. The number of hydrogen-bond acceptors (Lipinski definition) is 4. The van der Waals surface area contributed by atoms with E-state index in [4.69, 9.17) is 4.74 Å². The number of hydrogen-bond donors (Lipinski definition) is 1. The molecule has 0 saturated carbocycles. The van der Waals surface area contributed by atoms with Gasteiger partial charge in [0.2, 0.25) is 0 Å². The molecule has 2 fully saturated rings. The number of morpholine rings is 1. The molecular formula is C19H30N4O2. The summed E-state index contributed by atoms with van der Waals surface area (Å²) in [5.41, 5.74) is 2.61. The number of anilines is 1. The van der Waals surface area contributed by atoms with Crippen molar-refractivity contribution in [2.75, 3.05) is 63.9 Å². The van der Waals surface area contributed by atoms with E-state index < -0.39 is 0 Å². The first-order valence-corrected chi connectivity index (χ1v) is 9.34. The molecule has 2 heterocycles. The van der Waals surface area contributed by atoms with Gasteiger partial charge in [0.1, 0.15) is 0 Å². The summed E-state index contributed by atoms with van der Waals surface area (Å²) in [7, 11) is 0. The van der Waals surface area contributed by atoms with Crippen molar-refractivity contribution in [2.45, 2.75) is 20.0 Å². The number of carbonyl (C=O) groups is 1. The number of rotatable bonds is 4. The number of benzene rings is 1. The average molecular weight is 346 g/mol. The number of aryl methyl sites for hydroxylation is 1. The smallest absolute Gasteiger partial charge is 0.317 e. The van der Waals surface area contributed by atoms with Gasteiger partial charge in [-0.25, -0.2) is 4.79 Å². The van der Waals surface area contributed by atoms with Gasteiger partial charge in [-0.3, -0.25) is 4.90 Å². The molecule has 0 radical (unpaired) electrons. The Hall–Kier alpha value is -1.79. The van der Waals surface area contributed by atoms with Crippen molar-refractivity contribution in [3.8, 4) is 0 Å². The van der Waals surface area contributed by atoms with Gasteiger partial charge in [-0.2, -0.15) is 0 Å². The molecule has 1 atom stereocenters. The Morgan fingerprint density at radius 1 is 1.16 bits per heavy atom. The number of carbonyl (C=O) groups excluding carboxylic acids is 1. The molecule has 138 valence electrons. The summed E-state index contributed by atoms with van der Waals surface area (Å²) in [6, 6.07) is 8.79. The molecule has 1 unspecified atom stereocenters. The molecule has 0 aliphatic carbocycles. The maximum atomic E-state index is 12.0. The second-order valence-electron chi connectivity index (χ2n) is 6.90. The maximum absolute atomic E-state index is 12.0. The van der Waals surface area contributed by atoms with Crippen molar-refractivity contribution in [3.63, 3.8) is 0 Å². The van der Waals surface area contributed by atoms with Crippen LogP contribution in [-0.2, 0) is 4.74 Å². The highest BCUT2D eigenvalue weighted by Gasteiger charge is 2.27. The summed E-state index contributed by atoms with van der Waals surface area (Å²) in [6.45, 7) is 11.8. The van der Waals surface area contributed by atoms with Crippen LogP contribution in [0.2, 0.25) is 0 Å². The summed E-state index contributed by atoms with van der Waals surface area (Å²) in [5.74, 6) is 0. The maximum Gasteiger partial charge on any atom is 0.317 e. The Morgan fingerprint density at radius 3 is 2.56 bits per heavy atom. The van der Waals surface area contributed by atoms with Crippen molar-refractivity contribution in [2.24, 2.45) is 0 Å². The number of ether oxygens (including phenoxy) is 1. The van der Waals surface area contributed by atoms with Gasteiger partial charge in [0.15, 0.2) is 0 Å². The largest absolute Gasteiger partial charge is 0.373 e. The zero-order valence-corrected chi connectivity index (χ0v) is 15.4. The monoisotopic (exact) mass is 346 g/mol. The van der Waals surface area contributed by atoms with Crippen LogP contribution >= 0.6 is 0 Å². The molecule has 6 nitrogen and oxygen atoms in total. The third-order valence-corrected chi connectivity index (χ3v) is 4.99. The molecule has 0 spiro atoms. The van der Waals surface area contributed by atoms with E-state index >= 15 is 0 Å². The number of nitrogens with zero attached hydrogens (tertiary/aromatic N) is 3. The van der Waals surface area contributed by atoms with Crippen molar-refractivity contribution < 1.29 is 9.53 Å². The molecule has 2 amide bonds. The molecule has 1 N–H and O–H groups in total. The molecule has 0 aromatic heterocycles. The Balaban J connectivity index is 1.45. The third-order valence-electron chi connectivity index (χ3n) is 4.99. The van der Waals surface area contributed by atoms with Crippen molar-refractivity contribution >= 4 is 11.7 Å². The first-order valence-electron chi connectivity index (χ1n) is 9.34. The lowest BCUT2D eigenvalue weighted by Crippen LogP contribution is -2.54. The summed E-state index contributed by atoms with van der Waals surface area (Å²) in [5, 5.41) is 2.88. The van der Waals surface area contributed by atoms with E-state index in [0.29, 0.717) is 26.2 Å². The van der Waals surface area contributed by atoms with Gasteiger partial charge in [-0.15, -0.1) is 0 Å². The zero-order valence-electron chi connectivity index (χ0n) is 15.4. The third kappa shape index (κ3) is 4.86. The first kappa shape index (κ1) is 18.0. The van der Waals surface area contributed by atoms with E-state index in [2.05, 4.69) is 46.3 Å². The Labute approximate surface area is 150 Å². The van der Waals surface area contributed by atoms with E-state index in [0.717, 1.165) is 32.7 Å². The SMILES string of the molecule is CCNC(=O)N1CCOC(CN2CCN(c3ccc(C)cc3)CC2)C1. The van der Waals surface area contributed by atoms with Gasteiger partial charge in [-0.1, -0.05) is 17.7 Å². The predicted molar refractivity (Wildman–Crippen MR) is 100 cm³/mol. The van der Waals surface area contributed by atoms with Crippen LogP contribution in [0.5, 0.6) is 0 Å². The highest BCUT2D eigenvalue weighted by atomic mass is 16.5. The minimum Gasteiger partial charge on any atom is -0.373 e. The van der Waals surface area contributed by atoms with Crippen LogP contribution < -0.4 is 10.2 Å². The highest BCUT2D eigenvalue weighted by molar-refractivity contribution is 5.74. The fraction of sp³-hybridized carbons (Fsp3) is 0.632. The standard InChI is InChI=1S/C19H30N4O2/c1-3-20-19(24)23-12-13-25-18(15-23)14-21-8-10-22(11-9-21)17-6-4-16(2)5-7-17/h4-7,18H,3,8-15H2,1-2H3,(H,20,24). The lowest BCUT2D eigenvalue weighted by atomic mass is 10.2. The highest BCUT2D eigenvalue weighted by Crippen LogP contribution is 2.17. The van der Waals surface area contributed by atoms with E-state index in [-0.39, 0.29) is 12.1 Å². The summed E-state index contributed by atoms with van der Waals surface area (Å²) in [4.78, 5) is 18.8. The second-order valence-corrected chi connectivity index (χ2v) is 6.90. The molecule has 1 aromatic rings. The summed E-state index contributed by atoms with van der Waals surface area (Å²) >= 11 is 0. The Morgan fingerprint density at radius 2 is 1.88 bits per heavy atom. The molecule has 2 saturated heterocycles. The topological polar surface area (TPSA) is 48.1 Å². The van der Waals surface area contributed by atoms with Gasteiger partial charge in [0.05, 0.1) is 12.7 Å². The van der Waals surface area contributed by atoms with Crippen LogP contribution in [0.1, 0.15) is 12.5 Å². The average Bonchev–Trinajstić information content (AvgIpc) is 2.64. The number of amides is 2. The minimum absolute atomic E-state index is 0.0278. The molecular weight excluding hydrogens is 316 g/mol. The van der Waals surface area contributed by atoms with Gasteiger partial charge in [-0.05, 0) is 26.0 Å². The Bertz CT molecular complexity index is 555.